The Hall–Kier alpha value is -2.76. The third-order valence-corrected chi connectivity index (χ3v) is 3.29. The van der Waals surface area contributed by atoms with E-state index in [-0.39, 0.29) is 11.9 Å². The van der Waals surface area contributed by atoms with E-state index < -0.39 is 5.97 Å². The third kappa shape index (κ3) is 2.95. The summed E-state index contributed by atoms with van der Waals surface area (Å²) in [7, 11) is 0. The van der Waals surface area contributed by atoms with Gasteiger partial charge in [0.15, 0.2) is 0 Å². The van der Waals surface area contributed by atoms with Crippen LogP contribution in [0.1, 0.15) is 28.8 Å². The van der Waals surface area contributed by atoms with E-state index in [4.69, 9.17) is 4.74 Å². The molecule has 0 unspecified atom stereocenters. The van der Waals surface area contributed by atoms with Crippen LogP contribution in [0, 0.1) is 6.92 Å². The quantitative estimate of drug-likeness (QED) is 0.690. The molecule has 0 aliphatic heterocycles. The summed E-state index contributed by atoms with van der Waals surface area (Å²) in [6.07, 6.45) is 2.03. The van der Waals surface area contributed by atoms with Crippen molar-refractivity contribution in [2.24, 2.45) is 0 Å². The van der Waals surface area contributed by atoms with Crippen LogP contribution in [0.3, 0.4) is 0 Å². The Morgan fingerprint density at radius 1 is 1.27 bits per heavy atom. The second-order valence-electron chi connectivity index (χ2n) is 5.14. The Balaban J connectivity index is 1.71. The van der Waals surface area contributed by atoms with Crippen molar-refractivity contribution >= 4 is 11.7 Å². The van der Waals surface area contributed by atoms with Crippen molar-refractivity contribution in [3.8, 4) is 0 Å². The molecular weight excluding hydrogens is 280 g/mol. The van der Waals surface area contributed by atoms with E-state index in [0.717, 1.165) is 11.3 Å². The maximum absolute atomic E-state index is 12.1. The minimum absolute atomic E-state index is 0.0294. The number of aromatic nitrogens is 4. The number of ether oxygens (including phenoxy) is 1. The molecule has 0 amide bonds. The van der Waals surface area contributed by atoms with Gasteiger partial charge in [-0.15, -0.1) is 5.10 Å². The zero-order valence-corrected chi connectivity index (χ0v) is 12.4. The molecule has 2 aromatic heterocycles. The molecule has 3 rings (SSSR count). The summed E-state index contributed by atoms with van der Waals surface area (Å²) in [5.41, 5.74) is 1.97. The maximum atomic E-state index is 12.1. The lowest BCUT2D eigenvalue weighted by Gasteiger charge is -2.11. The third-order valence-electron chi connectivity index (χ3n) is 3.29. The number of hydrogen-bond acceptors (Lipinski definition) is 5. The predicted molar refractivity (Wildman–Crippen MR) is 80.5 cm³/mol. The molecule has 3 aromatic rings. The minimum atomic E-state index is -0.534. The molecule has 1 atom stereocenters. The Morgan fingerprint density at radius 3 is 2.77 bits per heavy atom. The highest BCUT2D eigenvalue weighted by molar-refractivity contribution is 5.85. The fourth-order valence-corrected chi connectivity index (χ4v) is 2.22. The topological polar surface area (TPSA) is 69.4 Å². The van der Waals surface area contributed by atoms with Crippen molar-refractivity contribution < 1.29 is 9.53 Å². The van der Waals surface area contributed by atoms with Crippen LogP contribution in [0.15, 0.2) is 42.6 Å². The Morgan fingerprint density at radius 2 is 2.05 bits per heavy atom. The van der Waals surface area contributed by atoms with Gasteiger partial charge >= 0.3 is 5.97 Å². The van der Waals surface area contributed by atoms with Crippen LogP contribution in [0.25, 0.3) is 5.78 Å². The predicted octanol–water partition coefficient (Wildman–Crippen LogP) is 2.22. The van der Waals surface area contributed by atoms with Gasteiger partial charge in [0.1, 0.15) is 6.10 Å². The van der Waals surface area contributed by atoms with Gasteiger partial charge < -0.3 is 4.74 Å². The average molecular weight is 296 g/mol. The van der Waals surface area contributed by atoms with E-state index in [2.05, 4.69) is 15.1 Å². The largest absolute Gasteiger partial charge is 0.456 e. The fourth-order valence-electron chi connectivity index (χ4n) is 2.22. The zero-order chi connectivity index (χ0) is 15.5. The molecule has 6 heteroatoms. The summed E-state index contributed by atoms with van der Waals surface area (Å²) in [4.78, 5) is 20.3. The lowest BCUT2D eigenvalue weighted by Crippen LogP contribution is -2.18. The first-order valence-electron chi connectivity index (χ1n) is 7.07. The van der Waals surface area contributed by atoms with Gasteiger partial charge in [-0.25, -0.2) is 14.3 Å². The van der Waals surface area contributed by atoms with Crippen LogP contribution in [0.2, 0.25) is 0 Å². The number of esters is 1. The van der Waals surface area contributed by atoms with Crippen LogP contribution < -0.4 is 0 Å². The number of fused-ring (bicyclic) bond motifs is 1. The maximum Gasteiger partial charge on any atom is 0.378 e. The van der Waals surface area contributed by atoms with E-state index in [1.54, 1.807) is 12.3 Å². The molecule has 0 spiro atoms. The van der Waals surface area contributed by atoms with Crippen LogP contribution in [-0.4, -0.2) is 31.7 Å². The number of carbonyl (C=O) groups is 1. The smallest absolute Gasteiger partial charge is 0.378 e. The number of aryl methyl sites for hydroxylation is 1. The molecule has 2 heterocycles. The normalized spacial score (nSPS) is 12.3. The number of carbonyl (C=O) groups excluding carboxylic acids is 1. The summed E-state index contributed by atoms with van der Waals surface area (Å²) in [6.45, 7) is 3.72. The molecule has 0 radical (unpaired) electrons. The van der Waals surface area contributed by atoms with Crippen molar-refractivity contribution in [3.63, 3.8) is 0 Å². The fraction of sp³-hybridized carbons (Fsp3) is 0.250. The van der Waals surface area contributed by atoms with Crippen LogP contribution in [0.5, 0.6) is 0 Å². The van der Waals surface area contributed by atoms with Gasteiger partial charge in [0.25, 0.3) is 11.6 Å². The second kappa shape index (κ2) is 5.93. The zero-order valence-electron chi connectivity index (χ0n) is 12.4. The van der Waals surface area contributed by atoms with Gasteiger partial charge in [0.05, 0.1) is 0 Å². The summed E-state index contributed by atoms with van der Waals surface area (Å²) < 4.78 is 6.93. The highest BCUT2D eigenvalue weighted by Crippen LogP contribution is 2.08. The molecule has 0 saturated heterocycles. The van der Waals surface area contributed by atoms with Gasteiger partial charge in [-0.05, 0) is 25.5 Å². The lowest BCUT2D eigenvalue weighted by atomic mass is 10.1. The van der Waals surface area contributed by atoms with Crippen LogP contribution >= 0.6 is 0 Å². The molecule has 1 aromatic carbocycles. The summed E-state index contributed by atoms with van der Waals surface area (Å²) >= 11 is 0. The molecule has 0 aliphatic carbocycles. The summed E-state index contributed by atoms with van der Waals surface area (Å²) in [5, 5.41) is 4.14. The number of nitrogens with zero attached hydrogens (tertiary/aromatic N) is 4. The highest BCUT2D eigenvalue weighted by atomic mass is 16.5. The number of hydrogen-bond donors (Lipinski definition) is 0. The van der Waals surface area contributed by atoms with Gasteiger partial charge in [0.2, 0.25) is 0 Å². The van der Waals surface area contributed by atoms with Crippen molar-refractivity contribution in [1.82, 2.24) is 19.6 Å². The number of rotatable bonds is 4. The SMILES string of the molecule is Cc1ccnc2nc(C(=O)O[C@H](C)Cc3ccccc3)nn12. The molecule has 0 saturated carbocycles. The summed E-state index contributed by atoms with van der Waals surface area (Å²) in [5.74, 6) is -0.113. The molecule has 22 heavy (non-hydrogen) atoms. The number of benzene rings is 1. The Kier molecular flexibility index (Phi) is 3.82. The average Bonchev–Trinajstić information content (AvgIpc) is 2.94. The molecule has 0 bridgehead atoms. The summed E-state index contributed by atoms with van der Waals surface area (Å²) in [6, 6.07) is 11.7. The standard InChI is InChI=1S/C16H16N4O2/c1-11-8-9-17-16-18-14(19-20(11)16)15(21)22-12(2)10-13-6-4-3-5-7-13/h3-9,12H,10H2,1-2H3/t12-/m1/s1. The van der Waals surface area contributed by atoms with E-state index >= 15 is 0 Å². The van der Waals surface area contributed by atoms with E-state index in [1.165, 1.54) is 4.52 Å². The first-order chi connectivity index (χ1) is 10.6. The van der Waals surface area contributed by atoms with E-state index in [1.807, 2.05) is 44.2 Å². The molecule has 112 valence electrons. The van der Waals surface area contributed by atoms with Crippen LogP contribution in [0.4, 0.5) is 0 Å². The Labute approximate surface area is 127 Å². The van der Waals surface area contributed by atoms with E-state index in [0.29, 0.717) is 12.2 Å². The van der Waals surface area contributed by atoms with Gasteiger partial charge in [-0.2, -0.15) is 4.98 Å². The van der Waals surface area contributed by atoms with Crippen molar-refractivity contribution in [1.29, 1.82) is 0 Å². The minimum Gasteiger partial charge on any atom is -0.456 e. The first-order valence-corrected chi connectivity index (χ1v) is 7.07. The van der Waals surface area contributed by atoms with Crippen LogP contribution in [-0.2, 0) is 11.2 Å². The van der Waals surface area contributed by atoms with Gasteiger partial charge in [0, 0.05) is 18.3 Å². The molecule has 6 nitrogen and oxygen atoms in total. The second-order valence-corrected chi connectivity index (χ2v) is 5.14. The van der Waals surface area contributed by atoms with Crippen molar-refractivity contribution in [2.75, 3.05) is 0 Å². The first kappa shape index (κ1) is 14.2. The van der Waals surface area contributed by atoms with E-state index in [9.17, 15) is 4.79 Å². The van der Waals surface area contributed by atoms with Crippen molar-refractivity contribution in [2.45, 2.75) is 26.4 Å². The Bertz CT molecular complexity index is 798. The highest BCUT2D eigenvalue weighted by Gasteiger charge is 2.18. The lowest BCUT2D eigenvalue weighted by molar-refractivity contribution is 0.0328. The van der Waals surface area contributed by atoms with Gasteiger partial charge in [-0.3, -0.25) is 0 Å². The molecule has 0 fully saturated rings. The van der Waals surface area contributed by atoms with Crippen molar-refractivity contribution in [3.05, 3.63) is 59.7 Å². The molecule has 0 aliphatic rings. The van der Waals surface area contributed by atoms with Gasteiger partial charge in [-0.1, -0.05) is 30.3 Å². The molecule has 0 N–H and O–H groups in total. The molecular formula is C16H16N4O2. The monoisotopic (exact) mass is 296 g/mol.